The number of anilines is 2. The zero-order valence-electron chi connectivity index (χ0n) is 21.1. The van der Waals surface area contributed by atoms with E-state index in [1.54, 1.807) is 4.90 Å². The summed E-state index contributed by atoms with van der Waals surface area (Å²) in [6.45, 7) is 6.85. The van der Waals surface area contributed by atoms with E-state index in [2.05, 4.69) is 26.1 Å². The molecule has 36 heavy (non-hydrogen) atoms. The number of para-hydroxylation sites is 3. The summed E-state index contributed by atoms with van der Waals surface area (Å²) in [6.07, 6.45) is 1.99. The minimum Gasteiger partial charge on any atom is -0.493 e. The normalized spacial score (nSPS) is 18.6. The smallest absolute Gasteiger partial charge is 0.259 e. The Hall–Kier alpha value is -3.86. The van der Waals surface area contributed by atoms with E-state index in [0.717, 1.165) is 29.1 Å². The van der Waals surface area contributed by atoms with E-state index in [-0.39, 0.29) is 17.1 Å². The van der Waals surface area contributed by atoms with Crippen molar-refractivity contribution in [1.29, 1.82) is 0 Å². The van der Waals surface area contributed by atoms with E-state index < -0.39 is 6.04 Å². The number of rotatable bonds is 5. The molecule has 0 bridgehead atoms. The lowest BCUT2D eigenvalue weighted by Crippen LogP contribution is -2.39. The summed E-state index contributed by atoms with van der Waals surface area (Å²) in [5.41, 5.74) is 4.27. The topological polar surface area (TPSA) is 58.6 Å². The molecule has 1 heterocycles. The number of nitrogens with one attached hydrogen (secondary N) is 1. The predicted octanol–water partition coefficient (Wildman–Crippen LogP) is 6.93. The largest absolute Gasteiger partial charge is 0.493 e. The second-order valence-corrected chi connectivity index (χ2v) is 10.3. The van der Waals surface area contributed by atoms with Crippen molar-refractivity contribution < 1.29 is 14.3 Å². The molecule has 1 N–H and O–H groups in total. The standard InChI is InChI=1S/C31H32N2O3/c1-4-18-36-27-17-11-8-14-22(27)29-28-24(19-31(2,3)20-26(28)34)32-23-15-9-10-16-25(23)33(29)30(35)21-12-6-5-7-13-21/h5-17,29,32H,4,18-20H2,1-3H3. The molecule has 3 aromatic rings. The third kappa shape index (κ3) is 4.41. The van der Waals surface area contributed by atoms with Crippen LogP contribution in [0.3, 0.4) is 0 Å². The molecule has 1 amide bonds. The zero-order valence-corrected chi connectivity index (χ0v) is 21.1. The van der Waals surface area contributed by atoms with Gasteiger partial charge in [-0.1, -0.05) is 69.3 Å². The average Bonchev–Trinajstić information content (AvgIpc) is 3.01. The van der Waals surface area contributed by atoms with Gasteiger partial charge in [0.15, 0.2) is 5.78 Å². The molecule has 0 spiro atoms. The van der Waals surface area contributed by atoms with E-state index >= 15 is 0 Å². The molecular weight excluding hydrogens is 448 g/mol. The van der Waals surface area contributed by atoms with Crippen molar-refractivity contribution in [1.82, 2.24) is 0 Å². The summed E-state index contributed by atoms with van der Waals surface area (Å²) in [6, 6.07) is 24.2. The van der Waals surface area contributed by atoms with Crippen LogP contribution in [0, 0.1) is 5.41 Å². The van der Waals surface area contributed by atoms with E-state index in [4.69, 9.17) is 4.74 Å². The molecule has 5 heteroatoms. The van der Waals surface area contributed by atoms with Crippen LogP contribution in [0.1, 0.15) is 62.0 Å². The number of nitrogens with zero attached hydrogens (tertiary/aromatic N) is 1. The molecule has 2 aliphatic rings. The predicted molar refractivity (Wildman–Crippen MR) is 143 cm³/mol. The monoisotopic (exact) mass is 480 g/mol. The lowest BCUT2D eigenvalue weighted by molar-refractivity contribution is -0.118. The van der Waals surface area contributed by atoms with Crippen LogP contribution in [-0.4, -0.2) is 18.3 Å². The Kier molecular flexibility index (Phi) is 6.40. The molecule has 1 unspecified atom stereocenters. The van der Waals surface area contributed by atoms with E-state index in [1.807, 2.05) is 78.9 Å². The fourth-order valence-corrected chi connectivity index (χ4v) is 5.27. The summed E-state index contributed by atoms with van der Waals surface area (Å²) < 4.78 is 6.17. The van der Waals surface area contributed by atoms with E-state index in [1.165, 1.54) is 0 Å². The lowest BCUT2D eigenvalue weighted by Gasteiger charge is -2.37. The Bertz CT molecular complexity index is 1330. The summed E-state index contributed by atoms with van der Waals surface area (Å²) >= 11 is 0. The van der Waals surface area contributed by atoms with Crippen molar-refractivity contribution in [3.63, 3.8) is 0 Å². The number of hydrogen-bond donors (Lipinski definition) is 1. The number of carbonyl (C=O) groups is 2. The number of amides is 1. The van der Waals surface area contributed by atoms with Crippen molar-refractivity contribution in [3.8, 4) is 5.75 Å². The maximum Gasteiger partial charge on any atom is 0.259 e. The van der Waals surface area contributed by atoms with Gasteiger partial charge in [-0.25, -0.2) is 0 Å². The minimum absolute atomic E-state index is 0.0581. The van der Waals surface area contributed by atoms with Crippen LogP contribution in [0.25, 0.3) is 0 Å². The second-order valence-electron chi connectivity index (χ2n) is 10.3. The summed E-state index contributed by atoms with van der Waals surface area (Å²) in [4.78, 5) is 29.9. The zero-order chi connectivity index (χ0) is 25.3. The van der Waals surface area contributed by atoms with Gasteiger partial charge < -0.3 is 10.1 Å². The highest BCUT2D eigenvalue weighted by molar-refractivity contribution is 6.12. The molecule has 1 aliphatic heterocycles. The molecule has 184 valence electrons. The summed E-state index contributed by atoms with van der Waals surface area (Å²) in [7, 11) is 0. The van der Waals surface area contributed by atoms with Gasteiger partial charge in [0.25, 0.3) is 5.91 Å². The maximum absolute atomic E-state index is 14.3. The fourth-order valence-electron chi connectivity index (χ4n) is 5.27. The van der Waals surface area contributed by atoms with E-state index in [9.17, 15) is 9.59 Å². The first-order valence-electron chi connectivity index (χ1n) is 12.6. The van der Waals surface area contributed by atoms with Crippen LogP contribution in [-0.2, 0) is 4.79 Å². The molecule has 1 aliphatic carbocycles. The van der Waals surface area contributed by atoms with Gasteiger partial charge >= 0.3 is 0 Å². The number of benzene rings is 3. The number of ketones is 1. The van der Waals surface area contributed by atoms with Gasteiger partial charge in [0.1, 0.15) is 5.75 Å². The Morgan fingerprint density at radius 2 is 1.67 bits per heavy atom. The highest BCUT2D eigenvalue weighted by Gasteiger charge is 2.44. The molecule has 0 saturated heterocycles. The quantitative estimate of drug-likeness (QED) is 0.430. The summed E-state index contributed by atoms with van der Waals surface area (Å²) in [5.74, 6) is 0.591. The number of hydrogen-bond acceptors (Lipinski definition) is 4. The van der Waals surface area contributed by atoms with E-state index in [0.29, 0.717) is 36.3 Å². The molecule has 5 nitrogen and oxygen atoms in total. The molecule has 0 aromatic heterocycles. The molecule has 0 radical (unpaired) electrons. The molecule has 5 rings (SSSR count). The van der Waals surface area contributed by atoms with Crippen molar-refractivity contribution >= 4 is 23.1 Å². The maximum atomic E-state index is 14.3. The highest BCUT2D eigenvalue weighted by Crippen LogP contribution is 2.50. The molecule has 0 fully saturated rings. The first-order valence-corrected chi connectivity index (χ1v) is 12.6. The van der Waals surface area contributed by atoms with Crippen molar-refractivity contribution in [3.05, 3.63) is 101 Å². The van der Waals surface area contributed by atoms with Gasteiger partial charge in [-0.3, -0.25) is 14.5 Å². The fraction of sp³-hybridized carbons (Fsp3) is 0.290. The first-order chi connectivity index (χ1) is 17.4. The van der Waals surface area contributed by atoms with Gasteiger partial charge in [-0.05, 0) is 48.6 Å². The third-order valence-corrected chi connectivity index (χ3v) is 6.82. The highest BCUT2D eigenvalue weighted by atomic mass is 16.5. The number of allylic oxidation sites excluding steroid dienone is 1. The Balaban J connectivity index is 1.80. The van der Waals surface area contributed by atoms with Crippen LogP contribution in [0.15, 0.2) is 90.1 Å². The van der Waals surface area contributed by atoms with Crippen LogP contribution >= 0.6 is 0 Å². The molecular formula is C31H32N2O3. The average molecular weight is 481 g/mol. The second kappa shape index (κ2) is 9.65. The number of Topliss-reactive ketones (excluding diaryl/α,β-unsaturated/α-hetero) is 1. The van der Waals surface area contributed by atoms with Crippen LogP contribution in [0.5, 0.6) is 5.75 Å². The van der Waals surface area contributed by atoms with Crippen molar-refractivity contribution in [2.24, 2.45) is 5.41 Å². The SMILES string of the molecule is CCCOc1ccccc1C1C2=C(CC(C)(C)CC2=O)Nc2ccccc2N1C(=O)c1ccccc1. The van der Waals surface area contributed by atoms with Crippen LogP contribution in [0.2, 0.25) is 0 Å². The van der Waals surface area contributed by atoms with Gasteiger partial charge in [0.2, 0.25) is 0 Å². The summed E-state index contributed by atoms with van der Waals surface area (Å²) in [5, 5.41) is 3.57. The lowest BCUT2D eigenvalue weighted by atomic mass is 9.73. The Morgan fingerprint density at radius 3 is 2.44 bits per heavy atom. The van der Waals surface area contributed by atoms with Gasteiger partial charge in [0.05, 0.1) is 24.0 Å². The Labute approximate surface area is 212 Å². The van der Waals surface area contributed by atoms with Crippen LogP contribution in [0.4, 0.5) is 11.4 Å². The first kappa shape index (κ1) is 23.9. The third-order valence-electron chi connectivity index (χ3n) is 6.82. The number of fused-ring (bicyclic) bond motifs is 1. The molecule has 3 aromatic carbocycles. The molecule has 1 atom stereocenters. The Morgan fingerprint density at radius 1 is 0.972 bits per heavy atom. The molecule has 0 saturated carbocycles. The van der Waals surface area contributed by atoms with Crippen molar-refractivity contribution in [2.45, 2.75) is 46.1 Å². The minimum atomic E-state index is -0.625. The van der Waals surface area contributed by atoms with Crippen LogP contribution < -0.4 is 15.0 Å². The van der Waals surface area contributed by atoms with Gasteiger partial charge in [-0.2, -0.15) is 0 Å². The number of carbonyl (C=O) groups excluding carboxylic acids is 2. The van der Waals surface area contributed by atoms with Crippen molar-refractivity contribution in [2.75, 3.05) is 16.8 Å². The van der Waals surface area contributed by atoms with Gasteiger partial charge in [-0.15, -0.1) is 0 Å². The number of ether oxygens (including phenoxy) is 1. The van der Waals surface area contributed by atoms with Gasteiger partial charge in [0, 0.05) is 28.8 Å².